The van der Waals surface area contributed by atoms with Crippen LogP contribution >= 0.6 is 11.8 Å². The van der Waals surface area contributed by atoms with Crippen molar-refractivity contribution < 1.29 is 19.4 Å². The van der Waals surface area contributed by atoms with Crippen molar-refractivity contribution in [1.82, 2.24) is 10.2 Å². The van der Waals surface area contributed by atoms with Crippen LogP contribution in [-0.4, -0.2) is 59.1 Å². The van der Waals surface area contributed by atoms with E-state index in [1.54, 1.807) is 11.8 Å². The summed E-state index contributed by atoms with van der Waals surface area (Å²) in [5, 5.41) is 12.4. The molecule has 1 fully saturated rings. The van der Waals surface area contributed by atoms with Crippen molar-refractivity contribution in [2.24, 2.45) is 5.92 Å². The van der Waals surface area contributed by atoms with E-state index in [1.807, 2.05) is 67.8 Å². The summed E-state index contributed by atoms with van der Waals surface area (Å²) in [6.45, 7) is 7.36. The van der Waals surface area contributed by atoms with E-state index in [-0.39, 0.29) is 5.91 Å². The van der Waals surface area contributed by atoms with E-state index in [0.717, 1.165) is 41.8 Å². The number of carbonyl (C=O) groups is 2. The second-order valence-electron chi connectivity index (χ2n) is 10.8. The minimum Gasteiger partial charge on any atom is -0.480 e. The lowest BCUT2D eigenvalue weighted by Gasteiger charge is -2.25. The van der Waals surface area contributed by atoms with Crippen molar-refractivity contribution in [3.05, 3.63) is 95.1 Å². The maximum atomic E-state index is 13.4. The fourth-order valence-corrected chi connectivity index (χ4v) is 5.91. The zero-order chi connectivity index (χ0) is 28.5. The lowest BCUT2D eigenvalue weighted by atomic mass is 9.93. The largest absolute Gasteiger partial charge is 0.480 e. The van der Waals surface area contributed by atoms with E-state index >= 15 is 0 Å². The topological polar surface area (TPSA) is 78.9 Å². The molecule has 1 heterocycles. The quantitative estimate of drug-likeness (QED) is 0.266. The Morgan fingerprint density at radius 3 is 2.52 bits per heavy atom. The molecule has 0 aromatic heterocycles. The minimum atomic E-state index is -1.01. The predicted octanol–water partition coefficient (Wildman–Crippen LogP) is 6.03. The van der Waals surface area contributed by atoms with Gasteiger partial charge in [-0.3, -0.25) is 9.69 Å². The molecular formula is C33H40N2O4S. The zero-order valence-electron chi connectivity index (χ0n) is 23.6. The number of carboxylic acids is 1. The minimum absolute atomic E-state index is 0.330. The first kappa shape index (κ1) is 29.8. The van der Waals surface area contributed by atoms with Crippen LogP contribution < -0.4 is 5.32 Å². The number of carboxylic acid groups (broad SMARTS) is 1. The molecule has 0 bridgehead atoms. The molecule has 3 unspecified atom stereocenters. The van der Waals surface area contributed by atoms with Crippen molar-refractivity contribution in [2.45, 2.75) is 51.9 Å². The number of hydrogen-bond donors (Lipinski definition) is 2. The number of rotatable bonds is 13. The SMILES string of the molecule is CSCCC(NC(=O)c1ccc(CN2CC(C)CC2COCc2ccccc2)cc1-c1ccccc1C)C(=O)O. The third kappa shape index (κ3) is 7.96. The maximum Gasteiger partial charge on any atom is 0.326 e. The summed E-state index contributed by atoms with van der Waals surface area (Å²) in [5.41, 5.74) is 5.65. The molecule has 3 aromatic rings. The first-order valence-electron chi connectivity index (χ1n) is 13.9. The van der Waals surface area contributed by atoms with Gasteiger partial charge in [0.1, 0.15) is 6.04 Å². The monoisotopic (exact) mass is 560 g/mol. The summed E-state index contributed by atoms with van der Waals surface area (Å²) in [5.74, 6) is -0.133. The molecule has 0 saturated carbocycles. The molecule has 3 aromatic carbocycles. The van der Waals surface area contributed by atoms with Crippen molar-refractivity contribution in [3.8, 4) is 11.1 Å². The van der Waals surface area contributed by atoms with Gasteiger partial charge in [0.25, 0.3) is 5.91 Å². The number of ether oxygens (including phenoxy) is 1. The fourth-order valence-electron chi connectivity index (χ4n) is 5.44. The molecule has 2 N–H and O–H groups in total. The van der Waals surface area contributed by atoms with E-state index in [0.29, 0.717) is 42.9 Å². The van der Waals surface area contributed by atoms with Crippen molar-refractivity contribution in [3.63, 3.8) is 0 Å². The van der Waals surface area contributed by atoms with Gasteiger partial charge < -0.3 is 15.2 Å². The van der Waals surface area contributed by atoms with Gasteiger partial charge in [0.05, 0.1) is 13.2 Å². The van der Waals surface area contributed by atoms with Crippen LogP contribution in [0.4, 0.5) is 0 Å². The number of thioether (sulfide) groups is 1. The van der Waals surface area contributed by atoms with Gasteiger partial charge in [-0.2, -0.15) is 11.8 Å². The summed E-state index contributed by atoms with van der Waals surface area (Å²) >= 11 is 1.56. The maximum absolute atomic E-state index is 13.4. The van der Waals surface area contributed by atoms with Gasteiger partial charge in [-0.05, 0) is 77.6 Å². The third-order valence-electron chi connectivity index (χ3n) is 7.52. The van der Waals surface area contributed by atoms with Gasteiger partial charge >= 0.3 is 5.97 Å². The highest BCUT2D eigenvalue weighted by Crippen LogP contribution is 2.31. The van der Waals surface area contributed by atoms with E-state index in [2.05, 4.69) is 35.3 Å². The van der Waals surface area contributed by atoms with Crippen LogP contribution in [0.5, 0.6) is 0 Å². The van der Waals surface area contributed by atoms with Crippen molar-refractivity contribution in [1.29, 1.82) is 0 Å². The summed E-state index contributed by atoms with van der Waals surface area (Å²) in [6.07, 6.45) is 3.39. The van der Waals surface area contributed by atoms with E-state index < -0.39 is 12.0 Å². The number of amides is 1. The summed E-state index contributed by atoms with van der Waals surface area (Å²) in [7, 11) is 0. The van der Waals surface area contributed by atoms with Gasteiger partial charge in [-0.25, -0.2) is 4.79 Å². The summed E-state index contributed by atoms with van der Waals surface area (Å²) in [6, 6.07) is 23.6. The number of carbonyl (C=O) groups excluding carboxylic acids is 1. The number of aliphatic carboxylic acids is 1. The van der Waals surface area contributed by atoms with Crippen LogP contribution in [-0.2, 0) is 22.7 Å². The Hall–Kier alpha value is -3.13. The van der Waals surface area contributed by atoms with Gasteiger partial charge in [0.2, 0.25) is 0 Å². The Morgan fingerprint density at radius 2 is 1.80 bits per heavy atom. The number of nitrogens with one attached hydrogen (secondary N) is 1. The molecule has 7 heteroatoms. The standard InChI is InChI=1S/C33H40N2O4S/c1-23-17-27(22-39-21-25-10-5-4-6-11-25)35(19-23)20-26-13-14-29(30(18-26)28-12-8-7-9-24(28)2)32(36)34-31(33(37)38)15-16-40-3/h4-14,18,23,27,31H,15-17,19-22H2,1-3H3,(H,34,36)(H,37,38). The number of nitrogens with zero attached hydrogens (tertiary/aromatic N) is 1. The number of aryl methyl sites for hydroxylation is 1. The van der Waals surface area contributed by atoms with E-state index in [4.69, 9.17) is 4.74 Å². The second-order valence-corrected chi connectivity index (χ2v) is 11.8. The fraction of sp³-hybridized carbons (Fsp3) is 0.394. The molecule has 40 heavy (non-hydrogen) atoms. The highest BCUT2D eigenvalue weighted by molar-refractivity contribution is 7.98. The normalized spacial score (nSPS) is 18.0. The summed E-state index contributed by atoms with van der Waals surface area (Å²) in [4.78, 5) is 27.7. The van der Waals surface area contributed by atoms with Crippen LogP contribution in [0.15, 0.2) is 72.8 Å². The molecule has 1 aliphatic rings. The number of benzene rings is 3. The Morgan fingerprint density at radius 1 is 1.05 bits per heavy atom. The molecular weight excluding hydrogens is 520 g/mol. The van der Waals surface area contributed by atoms with Gasteiger partial charge in [0, 0.05) is 24.7 Å². The molecule has 0 spiro atoms. The molecule has 3 atom stereocenters. The van der Waals surface area contributed by atoms with Crippen LogP contribution in [0.1, 0.15) is 46.8 Å². The molecule has 6 nitrogen and oxygen atoms in total. The average Bonchev–Trinajstić information content (AvgIpc) is 3.29. The van der Waals surface area contributed by atoms with Crippen molar-refractivity contribution >= 4 is 23.6 Å². The molecule has 1 amide bonds. The van der Waals surface area contributed by atoms with Crippen LogP contribution in [0.3, 0.4) is 0 Å². The average molecular weight is 561 g/mol. The molecule has 212 valence electrons. The Bertz CT molecular complexity index is 1280. The highest BCUT2D eigenvalue weighted by Gasteiger charge is 2.30. The molecule has 4 rings (SSSR count). The smallest absolute Gasteiger partial charge is 0.326 e. The number of likely N-dealkylation sites (tertiary alicyclic amines) is 1. The van der Waals surface area contributed by atoms with Crippen LogP contribution in [0, 0.1) is 12.8 Å². The zero-order valence-corrected chi connectivity index (χ0v) is 24.5. The molecule has 0 radical (unpaired) electrons. The molecule has 1 aliphatic heterocycles. The lowest BCUT2D eigenvalue weighted by molar-refractivity contribution is -0.139. The second kappa shape index (κ2) is 14.5. The Labute approximate surface area is 242 Å². The van der Waals surface area contributed by atoms with E-state index in [9.17, 15) is 14.7 Å². The first-order valence-corrected chi connectivity index (χ1v) is 15.3. The highest BCUT2D eigenvalue weighted by atomic mass is 32.2. The van der Waals surface area contributed by atoms with Crippen molar-refractivity contribution in [2.75, 3.05) is 25.2 Å². The first-order chi connectivity index (χ1) is 19.4. The molecule has 1 saturated heterocycles. The van der Waals surface area contributed by atoms with E-state index in [1.165, 1.54) is 5.56 Å². The number of hydrogen-bond acceptors (Lipinski definition) is 5. The van der Waals surface area contributed by atoms with Gasteiger partial charge in [0.15, 0.2) is 0 Å². The lowest BCUT2D eigenvalue weighted by Crippen LogP contribution is -2.41. The Kier molecular flexibility index (Phi) is 10.8. The van der Waals surface area contributed by atoms with Gasteiger partial charge in [-0.15, -0.1) is 0 Å². The van der Waals surface area contributed by atoms with Gasteiger partial charge in [-0.1, -0.05) is 67.6 Å². The molecule has 0 aliphatic carbocycles. The van der Waals surface area contributed by atoms with Crippen LogP contribution in [0.25, 0.3) is 11.1 Å². The summed E-state index contributed by atoms with van der Waals surface area (Å²) < 4.78 is 6.12. The Balaban J connectivity index is 1.54. The van der Waals surface area contributed by atoms with Crippen LogP contribution in [0.2, 0.25) is 0 Å². The third-order valence-corrected chi connectivity index (χ3v) is 8.17. The predicted molar refractivity (Wildman–Crippen MR) is 163 cm³/mol.